The lowest BCUT2D eigenvalue weighted by atomic mass is 10.1. The molecule has 0 saturated carbocycles. The SMILES string of the molecule is Cc1ccc(NC(=O)COC(=O)/C=C/c2ccc(F)c(Cl)c2)c(C)c1. The molecule has 0 saturated heterocycles. The first-order valence-electron chi connectivity index (χ1n) is 7.52. The molecule has 1 amide bonds. The number of hydrogen-bond acceptors (Lipinski definition) is 3. The van der Waals surface area contributed by atoms with E-state index in [0.717, 1.165) is 17.2 Å². The van der Waals surface area contributed by atoms with Crippen molar-refractivity contribution in [2.45, 2.75) is 13.8 Å². The molecular formula is C19H17ClFNO3. The molecule has 0 aliphatic heterocycles. The van der Waals surface area contributed by atoms with E-state index in [2.05, 4.69) is 5.32 Å². The summed E-state index contributed by atoms with van der Waals surface area (Å²) in [6.45, 7) is 3.44. The Morgan fingerprint density at radius 1 is 1.20 bits per heavy atom. The topological polar surface area (TPSA) is 55.4 Å². The molecule has 2 rings (SSSR count). The zero-order valence-electron chi connectivity index (χ0n) is 13.8. The summed E-state index contributed by atoms with van der Waals surface area (Å²) in [6, 6.07) is 9.67. The number of halogens is 2. The predicted molar refractivity (Wildman–Crippen MR) is 95.9 cm³/mol. The summed E-state index contributed by atoms with van der Waals surface area (Å²) in [5.74, 6) is -1.65. The third kappa shape index (κ3) is 5.72. The smallest absolute Gasteiger partial charge is 0.331 e. The Hall–Kier alpha value is -2.66. The van der Waals surface area contributed by atoms with Crippen molar-refractivity contribution in [2.24, 2.45) is 0 Å². The summed E-state index contributed by atoms with van der Waals surface area (Å²) in [6.07, 6.45) is 2.57. The zero-order valence-corrected chi connectivity index (χ0v) is 14.6. The van der Waals surface area contributed by atoms with E-state index in [9.17, 15) is 14.0 Å². The van der Waals surface area contributed by atoms with E-state index >= 15 is 0 Å². The average molecular weight is 362 g/mol. The fourth-order valence-corrected chi connectivity index (χ4v) is 2.29. The molecule has 2 aromatic carbocycles. The molecule has 0 bridgehead atoms. The maximum atomic E-state index is 13.0. The van der Waals surface area contributed by atoms with Crippen LogP contribution in [0.3, 0.4) is 0 Å². The third-order valence-electron chi connectivity index (χ3n) is 3.36. The Bertz CT molecular complexity index is 833. The fourth-order valence-electron chi connectivity index (χ4n) is 2.11. The number of amides is 1. The van der Waals surface area contributed by atoms with Crippen molar-refractivity contribution in [2.75, 3.05) is 11.9 Å². The maximum absolute atomic E-state index is 13.0. The molecule has 0 aliphatic carbocycles. The number of aryl methyl sites for hydroxylation is 2. The van der Waals surface area contributed by atoms with E-state index in [1.54, 1.807) is 6.07 Å². The summed E-state index contributed by atoms with van der Waals surface area (Å²) < 4.78 is 17.9. The largest absolute Gasteiger partial charge is 0.452 e. The van der Waals surface area contributed by atoms with Gasteiger partial charge in [-0.25, -0.2) is 9.18 Å². The number of carbonyl (C=O) groups excluding carboxylic acids is 2. The van der Waals surface area contributed by atoms with E-state index in [-0.39, 0.29) is 5.02 Å². The lowest BCUT2D eigenvalue weighted by Gasteiger charge is -2.09. The monoisotopic (exact) mass is 361 g/mol. The molecule has 2 aromatic rings. The van der Waals surface area contributed by atoms with Crippen LogP contribution in [0.4, 0.5) is 10.1 Å². The van der Waals surface area contributed by atoms with E-state index in [1.807, 2.05) is 26.0 Å². The molecule has 25 heavy (non-hydrogen) atoms. The van der Waals surface area contributed by atoms with Crippen LogP contribution in [0.2, 0.25) is 5.02 Å². The second-order valence-electron chi connectivity index (χ2n) is 5.48. The van der Waals surface area contributed by atoms with Gasteiger partial charge in [-0.1, -0.05) is 35.4 Å². The van der Waals surface area contributed by atoms with Gasteiger partial charge in [0.25, 0.3) is 5.91 Å². The molecule has 0 unspecified atom stereocenters. The third-order valence-corrected chi connectivity index (χ3v) is 3.65. The molecule has 0 aromatic heterocycles. The molecular weight excluding hydrogens is 345 g/mol. The first kappa shape index (κ1) is 18.7. The number of anilines is 1. The number of hydrogen-bond donors (Lipinski definition) is 1. The van der Waals surface area contributed by atoms with E-state index in [1.165, 1.54) is 24.3 Å². The van der Waals surface area contributed by atoms with Crippen LogP contribution >= 0.6 is 11.6 Å². The number of ether oxygens (including phenoxy) is 1. The number of benzene rings is 2. The molecule has 0 spiro atoms. The van der Waals surface area contributed by atoms with E-state index < -0.39 is 24.3 Å². The first-order chi connectivity index (χ1) is 11.8. The van der Waals surface area contributed by atoms with Crippen molar-refractivity contribution < 1.29 is 18.7 Å². The fraction of sp³-hybridized carbons (Fsp3) is 0.158. The Morgan fingerprint density at radius 3 is 2.64 bits per heavy atom. The Labute approximate surface area is 150 Å². The van der Waals surface area contributed by atoms with Crippen LogP contribution in [0.25, 0.3) is 6.08 Å². The lowest BCUT2D eigenvalue weighted by Crippen LogP contribution is -2.20. The van der Waals surface area contributed by atoms with Crippen molar-refractivity contribution in [3.8, 4) is 0 Å². The van der Waals surface area contributed by atoms with Gasteiger partial charge in [-0.3, -0.25) is 4.79 Å². The normalized spacial score (nSPS) is 10.7. The van der Waals surface area contributed by atoms with Gasteiger partial charge in [0.15, 0.2) is 6.61 Å². The van der Waals surface area contributed by atoms with Gasteiger partial charge in [0.1, 0.15) is 5.82 Å². The van der Waals surface area contributed by atoms with Crippen molar-refractivity contribution in [1.82, 2.24) is 0 Å². The average Bonchev–Trinajstić information content (AvgIpc) is 2.56. The van der Waals surface area contributed by atoms with Gasteiger partial charge in [0, 0.05) is 11.8 Å². The number of carbonyl (C=O) groups is 2. The van der Waals surface area contributed by atoms with Crippen LogP contribution in [0, 0.1) is 19.7 Å². The Morgan fingerprint density at radius 2 is 1.96 bits per heavy atom. The summed E-state index contributed by atoms with van der Waals surface area (Å²) in [7, 11) is 0. The minimum Gasteiger partial charge on any atom is -0.452 e. The summed E-state index contributed by atoms with van der Waals surface area (Å²) in [5, 5.41) is 2.64. The molecule has 0 heterocycles. The highest BCUT2D eigenvalue weighted by Gasteiger charge is 2.07. The van der Waals surface area contributed by atoms with E-state index in [4.69, 9.17) is 16.3 Å². The molecule has 0 aliphatic rings. The second-order valence-corrected chi connectivity index (χ2v) is 5.89. The van der Waals surface area contributed by atoms with E-state index in [0.29, 0.717) is 11.3 Å². The number of esters is 1. The van der Waals surface area contributed by atoms with Gasteiger partial charge < -0.3 is 10.1 Å². The van der Waals surface area contributed by atoms with Crippen LogP contribution in [0.5, 0.6) is 0 Å². The summed E-state index contributed by atoms with van der Waals surface area (Å²) in [5.41, 5.74) is 3.23. The van der Waals surface area contributed by atoms with Gasteiger partial charge in [0.2, 0.25) is 0 Å². The first-order valence-corrected chi connectivity index (χ1v) is 7.90. The van der Waals surface area contributed by atoms with Gasteiger partial charge >= 0.3 is 5.97 Å². The quantitative estimate of drug-likeness (QED) is 0.638. The second kappa shape index (κ2) is 8.44. The van der Waals surface area contributed by atoms with Crippen LogP contribution < -0.4 is 5.32 Å². The van der Waals surface area contributed by atoms with Crippen LogP contribution in [0.1, 0.15) is 16.7 Å². The zero-order chi connectivity index (χ0) is 18.4. The molecule has 6 heteroatoms. The van der Waals surface area contributed by atoms with Crippen molar-refractivity contribution in [3.05, 3.63) is 70.0 Å². The van der Waals surface area contributed by atoms with Gasteiger partial charge in [0.05, 0.1) is 5.02 Å². The highest BCUT2D eigenvalue weighted by Crippen LogP contribution is 2.17. The maximum Gasteiger partial charge on any atom is 0.331 e. The van der Waals surface area contributed by atoms with Gasteiger partial charge in [-0.2, -0.15) is 0 Å². The van der Waals surface area contributed by atoms with Crippen molar-refractivity contribution in [1.29, 1.82) is 0 Å². The molecule has 4 nitrogen and oxygen atoms in total. The molecule has 130 valence electrons. The number of nitrogens with one attached hydrogen (secondary N) is 1. The van der Waals surface area contributed by atoms with Crippen LogP contribution in [-0.2, 0) is 14.3 Å². The van der Waals surface area contributed by atoms with Gasteiger partial charge in [-0.05, 0) is 49.2 Å². The summed E-state index contributed by atoms with van der Waals surface area (Å²) in [4.78, 5) is 23.5. The Kier molecular flexibility index (Phi) is 6.31. The van der Waals surface area contributed by atoms with Crippen LogP contribution in [-0.4, -0.2) is 18.5 Å². The molecule has 0 fully saturated rings. The predicted octanol–water partition coefficient (Wildman–Crippen LogP) is 4.29. The summed E-state index contributed by atoms with van der Waals surface area (Å²) >= 11 is 5.65. The highest BCUT2D eigenvalue weighted by molar-refractivity contribution is 6.30. The standard InChI is InChI=1S/C19H17ClFNO3/c1-12-3-7-17(13(2)9-12)22-18(23)11-25-19(24)8-5-14-4-6-16(21)15(20)10-14/h3-10H,11H2,1-2H3,(H,22,23)/b8-5+. The van der Waals surface area contributed by atoms with Crippen molar-refractivity contribution in [3.63, 3.8) is 0 Å². The minimum absolute atomic E-state index is 0.0386. The number of rotatable bonds is 5. The lowest BCUT2D eigenvalue weighted by molar-refractivity contribution is -0.142. The highest BCUT2D eigenvalue weighted by atomic mass is 35.5. The Balaban J connectivity index is 1.85. The molecule has 0 atom stereocenters. The van der Waals surface area contributed by atoms with Crippen LogP contribution in [0.15, 0.2) is 42.5 Å². The van der Waals surface area contributed by atoms with Crippen molar-refractivity contribution >= 4 is 35.2 Å². The molecule has 1 N–H and O–H groups in total. The minimum atomic E-state index is -0.684. The van der Waals surface area contributed by atoms with Gasteiger partial charge in [-0.15, -0.1) is 0 Å². The molecule has 0 radical (unpaired) electrons.